The van der Waals surface area contributed by atoms with Gasteiger partial charge in [-0.2, -0.15) is 0 Å². The van der Waals surface area contributed by atoms with Crippen LogP contribution in [0.15, 0.2) is 12.1 Å². The minimum absolute atomic E-state index is 0.0246. The Labute approximate surface area is 196 Å². The molecule has 3 saturated carbocycles. The number of fused-ring (bicyclic) bond motifs is 2. The molecule has 180 valence electrons. The average molecular weight is 456 g/mol. The van der Waals surface area contributed by atoms with E-state index in [9.17, 15) is 9.90 Å². The van der Waals surface area contributed by atoms with E-state index in [0.29, 0.717) is 11.8 Å². The second-order valence-corrected chi connectivity index (χ2v) is 12.4. The molecule has 0 amide bonds. The topological polar surface area (TPSA) is 77.0 Å². The first-order valence-electron chi connectivity index (χ1n) is 12.5. The first kappa shape index (κ1) is 21.9. The molecule has 1 saturated heterocycles. The van der Waals surface area contributed by atoms with Crippen molar-refractivity contribution in [3.05, 3.63) is 23.3 Å². The Kier molecular flexibility index (Phi) is 4.19. The van der Waals surface area contributed by atoms with Crippen LogP contribution in [0.4, 0.5) is 0 Å². The smallest absolute Gasteiger partial charge is 0.308 e. The fourth-order valence-electron chi connectivity index (χ4n) is 8.75. The summed E-state index contributed by atoms with van der Waals surface area (Å²) in [5.41, 5.74) is 0.457. The SMILES string of the molecule is CO[C@@]12CC[C@]3(C[C@@H]1[C@](C)(O)C(C)(C)C)[C@@H]1Cc4ccc(OC(C)=O)c5c4[C@]3(CCN1)[C@@H]2O5. The van der Waals surface area contributed by atoms with Crippen LogP contribution in [0.25, 0.3) is 0 Å². The van der Waals surface area contributed by atoms with Gasteiger partial charge in [-0.15, -0.1) is 0 Å². The van der Waals surface area contributed by atoms with Crippen LogP contribution in [-0.4, -0.2) is 48.1 Å². The predicted octanol–water partition coefficient (Wildman–Crippen LogP) is 3.51. The molecule has 6 heteroatoms. The number of aliphatic hydroxyl groups is 1. The lowest BCUT2D eigenvalue weighted by molar-refractivity contribution is -0.303. The van der Waals surface area contributed by atoms with Crippen LogP contribution < -0.4 is 14.8 Å². The highest BCUT2D eigenvalue weighted by Crippen LogP contribution is 2.77. The fourth-order valence-corrected chi connectivity index (χ4v) is 8.75. The van der Waals surface area contributed by atoms with Crippen molar-refractivity contribution in [3.63, 3.8) is 0 Å². The Morgan fingerprint density at radius 1 is 1.21 bits per heavy atom. The van der Waals surface area contributed by atoms with Crippen molar-refractivity contribution in [2.24, 2.45) is 16.7 Å². The number of methoxy groups -OCH3 is 1. The number of carbonyl (C=O) groups excluding carboxylic acids is 1. The van der Waals surface area contributed by atoms with E-state index in [1.54, 1.807) is 7.11 Å². The van der Waals surface area contributed by atoms with E-state index in [0.717, 1.165) is 44.4 Å². The molecule has 0 unspecified atom stereocenters. The van der Waals surface area contributed by atoms with Gasteiger partial charge >= 0.3 is 5.97 Å². The Morgan fingerprint density at radius 3 is 2.64 bits per heavy atom. The zero-order chi connectivity index (χ0) is 23.6. The van der Waals surface area contributed by atoms with Gasteiger partial charge < -0.3 is 24.6 Å². The Morgan fingerprint density at radius 2 is 1.97 bits per heavy atom. The number of carbonyl (C=O) groups is 1. The Hall–Kier alpha value is -1.63. The van der Waals surface area contributed by atoms with Crippen LogP contribution in [0.2, 0.25) is 0 Å². The third kappa shape index (κ3) is 2.29. The minimum atomic E-state index is -0.941. The third-order valence-corrected chi connectivity index (χ3v) is 10.6. The van der Waals surface area contributed by atoms with Crippen molar-refractivity contribution in [2.75, 3.05) is 13.7 Å². The van der Waals surface area contributed by atoms with Gasteiger partial charge in [-0.25, -0.2) is 0 Å². The molecule has 7 atom stereocenters. The highest BCUT2D eigenvalue weighted by molar-refractivity contribution is 5.73. The van der Waals surface area contributed by atoms with E-state index >= 15 is 0 Å². The maximum absolute atomic E-state index is 12.1. The second-order valence-electron chi connectivity index (χ2n) is 12.4. The molecule has 6 nitrogen and oxygen atoms in total. The van der Waals surface area contributed by atoms with E-state index in [4.69, 9.17) is 14.2 Å². The Balaban J connectivity index is 1.62. The monoisotopic (exact) mass is 455 g/mol. The number of benzene rings is 1. The summed E-state index contributed by atoms with van der Waals surface area (Å²) >= 11 is 0. The molecule has 0 radical (unpaired) electrons. The van der Waals surface area contributed by atoms with Crippen molar-refractivity contribution in [1.82, 2.24) is 5.32 Å². The molecule has 7 rings (SSSR count). The van der Waals surface area contributed by atoms with Crippen LogP contribution in [0.5, 0.6) is 11.5 Å². The number of nitrogens with one attached hydrogen (secondary N) is 1. The summed E-state index contributed by atoms with van der Waals surface area (Å²) in [5, 5.41) is 15.9. The highest BCUT2D eigenvalue weighted by atomic mass is 16.6. The van der Waals surface area contributed by atoms with Gasteiger partial charge in [0.05, 0.1) is 5.60 Å². The molecule has 2 aliphatic heterocycles. The molecule has 2 spiro atoms. The zero-order valence-electron chi connectivity index (χ0n) is 20.7. The Bertz CT molecular complexity index is 1040. The molecule has 0 aromatic heterocycles. The lowest BCUT2D eigenvalue weighted by Gasteiger charge is -2.74. The largest absolute Gasteiger partial charge is 0.482 e. The summed E-state index contributed by atoms with van der Waals surface area (Å²) in [6.07, 6.45) is 4.49. The molecule has 2 heterocycles. The first-order chi connectivity index (χ1) is 15.4. The maximum Gasteiger partial charge on any atom is 0.308 e. The van der Waals surface area contributed by atoms with Crippen molar-refractivity contribution in [1.29, 1.82) is 0 Å². The first-order valence-corrected chi connectivity index (χ1v) is 12.5. The summed E-state index contributed by atoms with van der Waals surface area (Å²) in [6.45, 7) is 10.7. The van der Waals surface area contributed by atoms with Gasteiger partial charge in [-0.1, -0.05) is 26.8 Å². The van der Waals surface area contributed by atoms with Crippen LogP contribution in [0, 0.1) is 16.7 Å². The van der Waals surface area contributed by atoms with E-state index in [2.05, 4.69) is 32.2 Å². The van der Waals surface area contributed by atoms with Crippen molar-refractivity contribution in [2.45, 2.75) is 95.5 Å². The van der Waals surface area contributed by atoms with Crippen molar-refractivity contribution in [3.8, 4) is 11.5 Å². The maximum atomic E-state index is 12.1. The van der Waals surface area contributed by atoms with Crippen LogP contribution in [0.1, 0.15) is 71.4 Å². The van der Waals surface area contributed by atoms with Crippen molar-refractivity contribution < 1.29 is 24.1 Å². The normalized spacial score (nSPS) is 41.7. The second kappa shape index (κ2) is 6.32. The van der Waals surface area contributed by atoms with E-state index in [-0.39, 0.29) is 34.2 Å². The summed E-state index contributed by atoms with van der Waals surface area (Å²) in [6, 6.07) is 4.35. The lowest BCUT2D eigenvalue weighted by Crippen LogP contribution is -2.83. The van der Waals surface area contributed by atoms with Crippen LogP contribution >= 0.6 is 0 Å². The number of hydrogen-bond acceptors (Lipinski definition) is 6. The number of hydrogen-bond donors (Lipinski definition) is 2. The van der Waals surface area contributed by atoms with Gasteiger partial charge in [0.2, 0.25) is 0 Å². The summed E-state index contributed by atoms with van der Waals surface area (Å²) in [7, 11) is 1.79. The predicted molar refractivity (Wildman–Crippen MR) is 124 cm³/mol. The molecular weight excluding hydrogens is 418 g/mol. The molecule has 4 aliphatic carbocycles. The number of ether oxygens (including phenoxy) is 3. The number of esters is 1. The van der Waals surface area contributed by atoms with Gasteiger partial charge in [0.1, 0.15) is 11.7 Å². The minimum Gasteiger partial charge on any atom is -0.482 e. The average Bonchev–Trinajstić information content (AvgIpc) is 3.10. The summed E-state index contributed by atoms with van der Waals surface area (Å²) in [5.74, 6) is 0.838. The third-order valence-electron chi connectivity index (χ3n) is 10.6. The quantitative estimate of drug-likeness (QED) is 0.537. The van der Waals surface area contributed by atoms with Crippen LogP contribution in [0.3, 0.4) is 0 Å². The summed E-state index contributed by atoms with van der Waals surface area (Å²) in [4.78, 5) is 11.9. The molecule has 1 aromatic carbocycles. The van der Waals surface area contributed by atoms with Gasteiger partial charge in [0.15, 0.2) is 11.5 Å². The van der Waals surface area contributed by atoms with E-state index < -0.39 is 11.2 Å². The molecule has 2 N–H and O–H groups in total. The number of piperidine rings is 1. The number of rotatable bonds is 3. The molecule has 6 aliphatic rings. The van der Waals surface area contributed by atoms with E-state index in [1.807, 2.05) is 13.0 Å². The van der Waals surface area contributed by atoms with Crippen LogP contribution in [-0.2, 0) is 21.4 Å². The van der Waals surface area contributed by atoms with Gasteiger partial charge in [0, 0.05) is 42.4 Å². The fraction of sp³-hybridized carbons (Fsp3) is 0.741. The molecule has 4 bridgehead atoms. The molecule has 4 fully saturated rings. The highest BCUT2D eigenvalue weighted by Gasteiger charge is 2.81. The molecule has 33 heavy (non-hydrogen) atoms. The molecular formula is C27H37NO5. The standard InChI is InChI=1S/C27H37NO5/c1-15(29)32-17-8-7-16-13-19-25-9-10-27(31-6,18(14-25)24(5,30)23(2,3)4)22-26(25,11-12-28-19)20(16)21(17)33-22/h7-8,18-19,22,28,30H,9-14H2,1-6H3/t18-,19+,22+,24+,25+,26-,27+/m1/s1. The van der Waals surface area contributed by atoms with Gasteiger partial charge in [-0.05, 0) is 62.6 Å². The molecule has 1 aromatic rings. The van der Waals surface area contributed by atoms with Crippen molar-refractivity contribution >= 4 is 5.97 Å². The van der Waals surface area contributed by atoms with E-state index in [1.165, 1.54) is 18.1 Å². The zero-order valence-corrected chi connectivity index (χ0v) is 20.7. The lowest BCUT2D eigenvalue weighted by atomic mass is 9.33. The van der Waals surface area contributed by atoms with Gasteiger partial charge in [0.25, 0.3) is 0 Å². The van der Waals surface area contributed by atoms with Gasteiger partial charge in [-0.3, -0.25) is 4.79 Å². The summed E-state index contributed by atoms with van der Waals surface area (Å²) < 4.78 is 19.1.